The van der Waals surface area contributed by atoms with Crippen LogP contribution in [0.1, 0.15) is 16.7 Å². The summed E-state index contributed by atoms with van der Waals surface area (Å²) < 4.78 is 10.4. The first-order valence-corrected chi connectivity index (χ1v) is 5.94. The van der Waals surface area contributed by atoms with Gasteiger partial charge < -0.3 is 14.6 Å². The monoisotopic (exact) mass is 250 g/mol. The summed E-state index contributed by atoms with van der Waals surface area (Å²) >= 11 is 0. The summed E-state index contributed by atoms with van der Waals surface area (Å²) in [4.78, 5) is 11.3. The molecule has 4 nitrogen and oxygen atoms in total. The maximum Gasteiger partial charge on any atom is 0.314 e. The van der Waals surface area contributed by atoms with Crippen molar-refractivity contribution in [2.45, 2.75) is 20.3 Å². The van der Waals surface area contributed by atoms with E-state index in [9.17, 15) is 9.90 Å². The number of aliphatic carboxylic acids is 1. The van der Waals surface area contributed by atoms with E-state index in [0.717, 1.165) is 22.4 Å². The summed E-state index contributed by atoms with van der Waals surface area (Å²) in [6.07, 6.45) is 0.508. The van der Waals surface area contributed by atoms with Gasteiger partial charge in [-0.2, -0.15) is 0 Å². The van der Waals surface area contributed by atoms with Crippen LogP contribution in [0.15, 0.2) is 12.1 Å². The first-order valence-electron chi connectivity index (χ1n) is 5.94. The van der Waals surface area contributed by atoms with Crippen molar-refractivity contribution in [3.05, 3.63) is 28.8 Å². The molecule has 98 valence electrons. The van der Waals surface area contributed by atoms with Crippen molar-refractivity contribution in [1.29, 1.82) is 0 Å². The van der Waals surface area contributed by atoms with E-state index in [4.69, 9.17) is 9.47 Å². The van der Waals surface area contributed by atoms with Crippen LogP contribution in [-0.2, 0) is 16.0 Å². The molecule has 1 heterocycles. The quantitative estimate of drug-likeness (QED) is 0.887. The Balaban J connectivity index is 2.27. The van der Waals surface area contributed by atoms with Crippen molar-refractivity contribution in [2.75, 3.05) is 20.3 Å². The van der Waals surface area contributed by atoms with Crippen LogP contribution in [0.2, 0.25) is 0 Å². The number of benzene rings is 1. The summed E-state index contributed by atoms with van der Waals surface area (Å²) in [6.45, 7) is 4.54. The number of carboxylic acids is 1. The molecule has 1 saturated heterocycles. The minimum absolute atomic E-state index is 0.298. The molecule has 2 rings (SSSR count). The second-order valence-electron chi connectivity index (χ2n) is 5.02. The van der Waals surface area contributed by atoms with Crippen LogP contribution in [-0.4, -0.2) is 31.4 Å². The molecule has 0 saturated carbocycles. The Kier molecular flexibility index (Phi) is 3.30. The van der Waals surface area contributed by atoms with Crippen molar-refractivity contribution in [3.63, 3.8) is 0 Å². The smallest absolute Gasteiger partial charge is 0.314 e. The molecule has 0 amide bonds. The van der Waals surface area contributed by atoms with Crippen molar-refractivity contribution >= 4 is 5.97 Å². The number of hydrogen-bond donors (Lipinski definition) is 1. The molecule has 0 spiro atoms. The van der Waals surface area contributed by atoms with Gasteiger partial charge in [0.25, 0.3) is 0 Å². The van der Waals surface area contributed by atoms with Gasteiger partial charge >= 0.3 is 5.97 Å². The van der Waals surface area contributed by atoms with Crippen LogP contribution < -0.4 is 4.74 Å². The SMILES string of the molecule is COc1c(C)cc(CC2(C(=O)O)COC2)cc1C. The van der Waals surface area contributed by atoms with Crippen LogP contribution >= 0.6 is 0 Å². The molecule has 1 aromatic carbocycles. The van der Waals surface area contributed by atoms with Gasteiger partial charge in [-0.1, -0.05) is 12.1 Å². The van der Waals surface area contributed by atoms with E-state index in [1.807, 2.05) is 26.0 Å². The van der Waals surface area contributed by atoms with Gasteiger partial charge in [-0.3, -0.25) is 4.79 Å². The largest absolute Gasteiger partial charge is 0.496 e. The fourth-order valence-corrected chi connectivity index (χ4v) is 2.50. The normalized spacial score (nSPS) is 17.1. The Morgan fingerprint density at radius 2 is 1.94 bits per heavy atom. The second kappa shape index (κ2) is 4.61. The maximum atomic E-state index is 11.3. The van der Waals surface area contributed by atoms with Gasteiger partial charge in [-0.25, -0.2) is 0 Å². The van der Waals surface area contributed by atoms with Crippen LogP contribution in [0.25, 0.3) is 0 Å². The Bertz CT molecular complexity index is 452. The lowest BCUT2D eigenvalue weighted by atomic mass is 9.79. The van der Waals surface area contributed by atoms with Crippen molar-refractivity contribution in [3.8, 4) is 5.75 Å². The highest BCUT2D eigenvalue weighted by Gasteiger charge is 2.46. The Labute approximate surface area is 107 Å². The Hall–Kier alpha value is -1.55. The van der Waals surface area contributed by atoms with Gasteiger partial charge in [0.05, 0.1) is 20.3 Å². The molecule has 1 fully saturated rings. The molecule has 0 bridgehead atoms. The molecule has 1 aromatic rings. The third-order valence-electron chi connectivity index (χ3n) is 3.48. The summed E-state index contributed by atoms with van der Waals surface area (Å²) in [5.74, 6) is 0.0906. The van der Waals surface area contributed by atoms with Gasteiger partial charge in [0, 0.05) is 0 Å². The minimum Gasteiger partial charge on any atom is -0.496 e. The van der Waals surface area contributed by atoms with E-state index in [0.29, 0.717) is 19.6 Å². The summed E-state index contributed by atoms with van der Waals surface area (Å²) in [5.41, 5.74) is 2.35. The van der Waals surface area contributed by atoms with E-state index in [-0.39, 0.29) is 0 Å². The lowest BCUT2D eigenvalue weighted by Gasteiger charge is -2.37. The molecule has 1 aliphatic heterocycles. The summed E-state index contributed by atoms with van der Waals surface area (Å²) in [7, 11) is 1.65. The third-order valence-corrected chi connectivity index (χ3v) is 3.48. The predicted molar refractivity (Wildman–Crippen MR) is 67.1 cm³/mol. The lowest BCUT2D eigenvalue weighted by molar-refractivity contribution is -0.179. The van der Waals surface area contributed by atoms with Gasteiger partial charge in [0.15, 0.2) is 0 Å². The standard InChI is InChI=1S/C14H18O4/c1-9-4-11(5-10(2)12(9)17-3)6-14(13(15)16)7-18-8-14/h4-5H,6-8H2,1-3H3,(H,15,16). The predicted octanol–water partition coefficient (Wildman–Crippen LogP) is 1.96. The number of ether oxygens (including phenoxy) is 2. The molecule has 0 aliphatic carbocycles. The molecule has 0 atom stereocenters. The molecule has 0 aromatic heterocycles. The average molecular weight is 250 g/mol. The number of carbonyl (C=O) groups is 1. The highest BCUT2D eigenvalue weighted by molar-refractivity contribution is 5.76. The van der Waals surface area contributed by atoms with E-state index < -0.39 is 11.4 Å². The third kappa shape index (κ3) is 2.08. The Morgan fingerprint density at radius 3 is 2.28 bits per heavy atom. The molecule has 0 unspecified atom stereocenters. The average Bonchev–Trinajstić information content (AvgIpc) is 2.22. The molecule has 4 heteroatoms. The minimum atomic E-state index is -0.778. The zero-order valence-electron chi connectivity index (χ0n) is 10.9. The van der Waals surface area contributed by atoms with E-state index >= 15 is 0 Å². The number of methoxy groups -OCH3 is 1. The van der Waals surface area contributed by atoms with Gasteiger partial charge in [0.2, 0.25) is 0 Å². The van der Waals surface area contributed by atoms with Crippen LogP contribution in [0.3, 0.4) is 0 Å². The second-order valence-corrected chi connectivity index (χ2v) is 5.02. The van der Waals surface area contributed by atoms with Gasteiger partial charge in [0.1, 0.15) is 11.2 Å². The number of rotatable bonds is 4. The zero-order chi connectivity index (χ0) is 13.3. The molecule has 1 aliphatic rings. The van der Waals surface area contributed by atoms with E-state index in [1.165, 1.54) is 0 Å². The molecule has 0 radical (unpaired) electrons. The number of carboxylic acid groups (broad SMARTS) is 1. The van der Waals surface area contributed by atoms with Crippen LogP contribution in [0.4, 0.5) is 0 Å². The molecular formula is C14H18O4. The van der Waals surface area contributed by atoms with Gasteiger partial charge in [-0.15, -0.1) is 0 Å². The fourth-order valence-electron chi connectivity index (χ4n) is 2.50. The number of aryl methyl sites for hydroxylation is 2. The maximum absolute atomic E-state index is 11.3. The van der Waals surface area contributed by atoms with E-state index in [2.05, 4.69) is 0 Å². The van der Waals surface area contributed by atoms with Gasteiger partial charge in [-0.05, 0) is 37.0 Å². The van der Waals surface area contributed by atoms with Crippen molar-refractivity contribution < 1.29 is 19.4 Å². The molecule has 18 heavy (non-hydrogen) atoms. The fraction of sp³-hybridized carbons (Fsp3) is 0.500. The van der Waals surface area contributed by atoms with E-state index in [1.54, 1.807) is 7.11 Å². The Morgan fingerprint density at radius 1 is 1.39 bits per heavy atom. The lowest BCUT2D eigenvalue weighted by Crippen LogP contribution is -2.50. The number of hydrogen-bond acceptors (Lipinski definition) is 3. The zero-order valence-corrected chi connectivity index (χ0v) is 10.9. The first kappa shape index (κ1) is 12.9. The molecule has 1 N–H and O–H groups in total. The highest BCUT2D eigenvalue weighted by Crippen LogP contribution is 2.34. The van der Waals surface area contributed by atoms with Crippen LogP contribution in [0.5, 0.6) is 5.75 Å². The summed E-state index contributed by atoms with van der Waals surface area (Å²) in [5, 5.41) is 9.28. The first-order chi connectivity index (χ1) is 8.48. The van der Waals surface area contributed by atoms with Crippen molar-refractivity contribution in [2.24, 2.45) is 5.41 Å². The van der Waals surface area contributed by atoms with Crippen LogP contribution in [0, 0.1) is 19.3 Å². The van der Waals surface area contributed by atoms with Crippen molar-refractivity contribution in [1.82, 2.24) is 0 Å². The summed E-state index contributed by atoms with van der Waals surface area (Å²) in [6, 6.07) is 3.99. The molecular weight excluding hydrogens is 232 g/mol. The highest BCUT2D eigenvalue weighted by atomic mass is 16.5. The topological polar surface area (TPSA) is 55.8 Å².